The SMILES string of the molecule is COC1=CC=C2C3Cc4ccc(CO)c5c4C2(CCN3C)[C@H]1O5. The number of hydrogen-bond acceptors (Lipinski definition) is 4. The molecule has 2 aliphatic heterocycles. The molecular formula is C19H21NO3. The summed E-state index contributed by atoms with van der Waals surface area (Å²) in [4.78, 5) is 2.46. The minimum Gasteiger partial charge on any atom is -0.497 e. The number of allylic oxidation sites excluding steroid dienone is 2. The summed E-state index contributed by atoms with van der Waals surface area (Å²) in [6, 6.07) is 4.64. The first kappa shape index (κ1) is 13.6. The molecule has 5 rings (SSSR count). The van der Waals surface area contributed by atoms with Gasteiger partial charge in [-0.05, 0) is 43.6 Å². The fraction of sp³-hybridized carbons (Fsp3) is 0.474. The number of aliphatic hydroxyl groups excluding tert-OH is 1. The molecule has 0 amide bonds. The van der Waals surface area contributed by atoms with Gasteiger partial charge >= 0.3 is 0 Å². The molecule has 2 unspecified atom stereocenters. The van der Waals surface area contributed by atoms with Crippen molar-refractivity contribution in [1.29, 1.82) is 0 Å². The number of rotatable bonds is 2. The zero-order valence-electron chi connectivity index (χ0n) is 13.5. The Morgan fingerprint density at radius 3 is 3.04 bits per heavy atom. The highest BCUT2D eigenvalue weighted by Crippen LogP contribution is 2.61. The van der Waals surface area contributed by atoms with Gasteiger partial charge in [0.25, 0.3) is 0 Å². The number of nitrogens with zero attached hydrogens (tertiary/aromatic N) is 1. The summed E-state index contributed by atoms with van der Waals surface area (Å²) in [6.07, 6.45) is 6.28. The fourth-order valence-corrected chi connectivity index (χ4v) is 5.14. The summed E-state index contributed by atoms with van der Waals surface area (Å²) in [5.41, 5.74) is 4.92. The minimum atomic E-state index is -0.106. The van der Waals surface area contributed by atoms with Gasteiger partial charge in [0.1, 0.15) is 11.5 Å². The standard InChI is InChI=1S/C19H21NO3/c1-20-8-7-19-13-5-6-15(22-2)18(19)23-17-12(10-21)4-3-11(16(17)19)9-14(13)20/h3-6,14,18,21H,7-10H2,1-2H3/t14?,18-,19?/m0/s1. The smallest absolute Gasteiger partial charge is 0.169 e. The average Bonchev–Trinajstić information content (AvgIpc) is 2.92. The summed E-state index contributed by atoms with van der Waals surface area (Å²) >= 11 is 0. The van der Waals surface area contributed by atoms with Crippen LogP contribution in [-0.2, 0) is 23.2 Å². The first-order valence-corrected chi connectivity index (χ1v) is 8.30. The molecule has 1 aromatic carbocycles. The first-order chi connectivity index (χ1) is 11.2. The maximum absolute atomic E-state index is 9.75. The van der Waals surface area contributed by atoms with Crippen LogP contribution in [0.4, 0.5) is 0 Å². The number of methoxy groups -OCH3 is 1. The largest absolute Gasteiger partial charge is 0.497 e. The second-order valence-electron chi connectivity index (χ2n) is 7.06. The highest BCUT2D eigenvalue weighted by Gasteiger charge is 2.61. The summed E-state index contributed by atoms with van der Waals surface area (Å²) in [5.74, 6) is 1.79. The van der Waals surface area contributed by atoms with Gasteiger partial charge in [-0.2, -0.15) is 0 Å². The molecule has 3 atom stereocenters. The van der Waals surface area contributed by atoms with Crippen molar-refractivity contribution in [2.24, 2.45) is 0 Å². The highest BCUT2D eigenvalue weighted by atomic mass is 16.5. The van der Waals surface area contributed by atoms with Crippen molar-refractivity contribution in [2.75, 3.05) is 20.7 Å². The second kappa shape index (κ2) is 4.40. The molecule has 1 saturated heterocycles. The molecule has 1 aromatic rings. The van der Waals surface area contributed by atoms with E-state index in [1.54, 1.807) is 7.11 Å². The van der Waals surface area contributed by atoms with Crippen LogP contribution in [0.1, 0.15) is 23.1 Å². The minimum absolute atomic E-state index is 0.0137. The third-order valence-corrected chi connectivity index (χ3v) is 6.22. The van der Waals surface area contributed by atoms with Crippen LogP contribution in [0.3, 0.4) is 0 Å². The van der Waals surface area contributed by atoms with E-state index in [1.165, 1.54) is 16.7 Å². The van der Waals surface area contributed by atoms with Crippen molar-refractivity contribution in [2.45, 2.75) is 37.0 Å². The Labute approximate surface area is 136 Å². The predicted octanol–water partition coefficient (Wildman–Crippen LogP) is 1.91. The van der Waals surface area contributed by atoms with E-state index in [0.29, 0.717) is 6.04 Å². The van der Waals surface area contributed by atoms with Gasteiger partial charge in [0.15, 0.2) is 6.10 Å². The molecule has 1 spiro atoms. The van der Waals surface area contributed by atoms with Crippen LogP contribution in [0.2, 0.25) is 0 Å². The maximum atomic E-state index is 9.75. The van der Waals surface area contributed by atoms with Gasteiger partial charge in [-0.3, -0.25) is 4.90 Å². The number of aliphatic hydroxyl groups is 1. The molecule has 4 nitrogen and oxygen atoms in total. The van der Waals surface area contributed by atoms with Gasteiger partial charge < -0.3 is 14.6 Å². The Hall–Kier alpha value is -1.78. The number of ether oxygens (including phenoxy) is 2. The van der Waals surface area contributed by atoms with Crippen molar-refractivity contribution >= 4 is 0 Å². The predicted molar refractivity (Wildman–Crippen MR) is 86.4 cm³/mol. The highest BCUT2D eigenvalue weighted by molar-refractivity contribution is 5.65. The van der Waals surface area contributed by atoms with E-state index in [4.69, 9.17) is 9.47 Å². The van der Waals surface area contributed by atoms with Crippen molar-refractivity contribution in [3.63, 3.8) is 0 Å². The summed E-state index contributed by atoms with van der Waals surface area (Å²) in [6.45, 7) is 1.07. The summed E-state index contributed by atoms with van der Waals surface area (Å²) < 4.78 is 12.1. The quantitative estimate of drug-likeness (QED) is 0.906. The Morgan fingerprint density at radius 2 is 2.26 bits per heavy atom. The van der Waals surface area contributed by atoms with E-state index >= 15 is 0 Å². The average molecular weight is 311 g/mol. The molecule has 120 valence electrons. The molecule has 1 fully saturated rings. The van der Waals surface area contributed by atoms with Gasteiger partial charge in [-0.15, -0.1) is 0 Å². The zero-order valence-corrected chi connectivity index (χ0v) is 13.5. The second-order valence-corrected chi connectivity index (χ2v) is 7.06. The lowest BCUT2D eigenvalue weighted by Gasteiger charge is -2.52. The number of piperidine rings is 1. The topological polar surface area (TPSA) is 41.9 Å². The third-order valence-electron chi connectivity index (χ3n) is 6.22. The molecule has 2 bridgehead atoms. The number of likely N-dealkylation sites (tertiary alicyclic amines) is 1. The Balaban J connectivity index is 1.84. The van der Waals surface area contributed by atoms with Gasteiger partial charge in [-0.1, -0.05) is 18.2 Å². The molecule has 0 radical (unpaired) electrons. The molecule has 0 saturated carbocycles. The van der Waals surface area contributed by atoms with Crippen LogP contribution in [0.15, 0.2) is 35.6 Å². The van der Waals surface area contributed by atoms with E-state index in [2.05, 4.69) is 30.2 Å². The van der Waals surface area contributed by atoms with Crippen molar-refractivity contribution in [1.82, 2.24) is 4.90 Å². The lowest BCUT2D eigenvalue weighted by molar-refractivity contribution is 0.0736. The van der Waals surface area contributed by atoms with Crippen LogP contribution in [0, 0.1) is 0 Å². The number of likely N-dealkylation sites (N-methyl/N-ethyl adjacent to an activating group) is 1. The van der Waals surface area contributed by atoms with Crippen LogP contribution in [0.25, 0.3) is 0 Å². The number of benzene rings is 1. The lowest BCUT2D eigenvalue weighted by atomic mass is 9.57. The fourth-order valence-electron chi connectivity index (χ4n) is 5.14. The Morgan fingerprint density at radius 1 is 1.39 bits per heavy atom. The molecule has 1 N–H and O–H groups in total. The van der Waals surface area contributed by atoms with Crippen LogP contribution < -0.4 is 4.74 Å². The van der Waals surface area contributed by atoms with Gasteiger partial charge in [0.05, 0.1) is 19.1 Å². The van der Waals surface area contributed by atoms with Gasteiger partial charge in [0, 0.05) is 17.2 Å². The maximum Gasteiger partial charge on any atom is 0.169 e. The Bertz CT molecular complexity index is 766. The van der Waals surface area contributed by atoms with Crippen molar-refractivity contribution in [3.8, 4) is 5.75 Å². The summed E-state index contributed by atoms with van der Waals surface area (Å²) in [5, 5.41) is 9.75. The van der Waals surface area contributed by atoms with E-state index in [9.17, 15) is 5.11 Å². The van der Waals surface area contributed by atoms with E-state index in [-0.39, 0.29) is 18.1 Å². The van der Waals surface area contributed by atoms with E-state index in [1.807, 2.05) is 6.07 Å². The Kier molecular flexibility index (Phi) is 2.61. The monoisotopic (exact) mass is 311 g/mol. The van der Waals surface area contributed by atoms with Gasteiger partial charge in [0.2, 0.25) is 0 Å². The van der Waals surface area contributed by atoms with Crippen molar-refractivity contribution < 1.29 is 14.6 Å². The molecule has 0 aromatic heterocycles. The normalized spacial score (nSPS) is 33.5. The zero-order chi connectivity index (χ0) is 15.8. The van der Waals surface area contributed by atoms with Crippen LogP contribution in [0.5, 0.6) is 5.75 Å². The van der Waals surface area contributed by atoms with Gasteiger partial charge in [-0.25, -0.2) is 0 Å². The molecular weight excluding hydrogens is 290 g/mol. The molecule has 4 heteroatoms. The molecule has 23 heavy (non-hydrogen) atoms. The molecule has 2 heterocycles. The summed E-state index contributed by atoms with van der Waals surface area (Å²) in [7, 11) is 3.93. The van der Waals surface area contributed by atoms with Crippen LogP contribution >= 0.6 is 0 Å². The van der Waals surface area contributed by atoms with Crippen LogP contribution in [-0.4, -0.2) is 42.9 Å². The van der Waals surface area contributed by atoms with E-state index < -0.39 is 0 Å². The third kappa shape index (κ3) is 1.44. The first-order valence-electron chi connectivity index (χ1n) is 8.30. The van der Waals surface area contributed by atoms with Crippen molar-refractivity contribution in [3.05, 3.63) is 52.3 Å². The molecule has 4 aliphatic rings. The number of hydrogen-bond donors (Lipinski definition) is 1. The molecule has 2 aliphatic carbocycles. The lowest BCUT2D eigenvalue weighted by Crippen LogP contribution is -2.58. The van der Waals surface area contributed by atoms with E-state index in [0.717, 1.165) is 36.5 Å².